The van der Waals surface area contributed by atoms with Crippen LogP contribution >= 0.6 is 0 Å². The van der Waals surface area contributed by atoms with Gasteiger partial charge in [0.1, 0.15) is 29.7 Å². The predicted octanol–water partition coefficient (Wildman–Crippen LogP) is 3.03. The number of nitrogens with zero attached hydrogens (tertiary/aromatic N) is 5. The molecular weight excluding hydrogens is 434 g/mol. The maximum atomic E-state index is 12.8. The molecule has 0 saturated heterocycles. The standard InChI is InChI=1S/C24H21N7O3/c1-33-20-8-15(31-19-12-34-11-16(19)22-23(31)24(25)27-13-26-22)6-7-17(20)29-21(32)10-30-18-5-3-2-4-14(18)9-28-30/h2-9,13H,10-12H2,1H3,(H,29,32)(H2,25,26,27). The van der Waals surface area contributed by atoms with E-state index < -0.39 is 0 Å². The van der Waals surface area contributed by atoms with E-state index in [1.165, 1.54) is 6.33 Å². The van der Waals surface area contributed by atoms with Crippen LogP contribution in [0.15, 0.2) is 55.0 Å². The molecule has 0 spiro atoms. The van der Waals surface area contributed by atoms with Gasteiger partial charge >= 0.3 is 0 Å². The molecule has 3 aromatic heterocycles. The molecule has 1 aliphatic heterocycles. The molecule has 10 nitrogen and oxygen atoms in total. The predicted molar refractivity (Wildman–Crippen MR) is 127 cm³/mol. The van der Waals surface area contributed by atoms with E-state index in [1.807, 2.05) is 41.0 Å². The van der Waals surface area contributed by atoms with Crippen molar-refractivity contribution in [1.82, 2.24) is 24.3 Å². The van der Waals surface area contributed by atoms with E-state index in [2.05, 4.69) is 20.4 Å². The average molecular weight is 455 g/mol. The van der Waals surface area contributed by atoms with Gasteiger partial charge in [-0.3, -0.25) is 9.48 Å². The number of fused-ring (bicyclic) bond motifs is 4. The number of aromatic nitrogens is 5. The highest BCUT2D eigenvalue weighted by Gasteiger charge is 2.26. The Bertz CT molecular complexity index is 1570. The molecule has 6 rings (SSSR count). The minimum atomic E-state index is -0.210. The number of nitrogens with one attached hydrogen (secondary N) is 1. The first kappa shape index (κ1) is 20.2. The largest absolute Gasteiger partial charge is 0.494 e. The molecule has 3 N–H and O–H groups in total. The fraction of sp³-hybridized carbons (Fsp3) is 0.167. The maximum absolute atomic E-state index is 12.8. The summed E-state index contributed by atoms with van der Waals surface area (Å²) in [7, 11) is 1.56. The third kappa shape index (κ3) is 3.15. The topological polar surface area (TPSA) is 122 Å². The highest BCUT2D eigenvalue weighted by Crippen LogP contribution is 2.37. The van der Waals surface area contributed by atoms with Crippen LogP contribution in [0.4, 0.5) is 11.5 Å². The number of rotatable bonds is 5. The molecule has 0 unspecified atom stereocenters. The van der Waals surface area contributed by atoms with Crippen molar-refractivity contribution in [2.75, 3.05) is 18.2 Å². The molecule has 10 heteroatoms. The number of amides is 1. The Kier molecular flexibility index (Phi) is 4.66. The Balaban J connectivity index is 1.33. The molecule has 34 heavy (non-hydrogen) atoms. The zero-order chi connectivity index (χ0) is 23.2. The highest BCUT2D eigenvalue weighted by molar-refractivity contribution is 5.94. The molecule has 0 fully saturated rings. The minimum absolute atomic E-state index is 0.0827. The van der Waals surface area contributed by atoms with E-state index in [-0.39, 0.29) is 12.5 Å². The van der Waals surface area contributed by atoms with Crippen molar-refractivity contribution in [3.05, 3.63) is 66.2 Å². The summed E-state index contributed by atoms with van der Waals surface area (Å²) in [4.78, 5) is 21.4. The number of hydrogen-bond acceptors (Lipinski definition) is 7. The molecule has 1 amide bonds. The number of benzene rings is 2. The summed E-state index contributed by atoms with van der Waals surface area (Å²) in [6.07, 6.45) is 3.21. The van der Waals surface area contributed by atoms with Crippen LogP contribution < -0.4 is 15.8 Å². The number of carbonyl (C=O) groups is 1. The normalized spacial score (nSPS) is 12.9. The van der Waals surface area contributed by atoms with Crippen molar-refractivity contribution in [3.8, 4) is 11.4 Å². The molecule has 1 aliphatic rings. The van der Waals surface area contributed by atoms with E-state index >= 15 is 0 Å². The second-order valence-corrected chi connectivity index (χ2v) is 8.00. The monoisotopic (exact) mass is 455 g/mol. The van der Waals surface area contributed by atoms with Crippen molar-refractivity contribution < 1.29 is 14.3 Å². The Labute approximate surface area is 193 Å². The lowest BCUT2D eigenvalue weighted by molar-refractivity contribution is -0.116. The van der Waals surface area contributed by atoms with Crippen LogP contribution in [0.2, 0.25) is 0 Å². The number of methoxy groups -OCH3 is 1. The number of nitrogen functional groups attached to an aromatic ring is 1. The fourth-order valence-electron chi connectivity index (χ4n) is 4.48. The summed E-state index contributed by atoms with van der Waals surface area (Å²) in [5, 5.41) is 8.24. The van der Waals surface area contributed by atoms with Crippen molar-refractivity contribution in [2.45, 2.75) is 19.8 Å². The molecule has 4 heterocycles. The SMILES string of the molecule is COc1cc(-n2c3c(c4ncnc(N)c42)COC3)ccc1NC(=O)Cn1ncc2ccccc21. The number of hydrogen-bond donors (Lipinski definition) is 2. The number of nitrogens with two attached hydrogens (primary N) is 1. The van der Waals surface area contributed by atoms with E-state index in [0.717, 1.165) is 38.9 Å². The second-order valence-electron chi connectivity index (χ2n) is 8.00. The Morgan fingerprint density at radius 2 is 2.09 bits per heavy atom. The highest BCUT2D eigenvalue weighted by atomic mass is 16.5. The van der Waals surface area contributed by atoms with Crippen LogP contribution in [-0.2, 0) is 29.3 Å². The summed E-state index contributed by atoms with van der Waals surface area (Å²) >= 11 is 0. The van der Waals surface area contributed by atoms with Gasteiger partial charge in [0.05, 0.1) is 43.4 Å². The lowest BCUT2D eigenvalue weighted by Gasteiger charge is -2.15. The van der Waals surface area contributed by atoms with E-state index in [1.54, 1.807) is 24.1 Å². The zero-order valence-corrected chi connectivity index (χ0v) is 18.4. The van der Waals surface area contributed by atoms with E-state index in [4.69, 9.17) is 15.2 Å². The Morgan fingerprint density at radius 1 is 1.21 bits per heavy atom. The van der Waals surface area contributed by atoms with Gasteiger partial charge in [-0.05, 0) is 18.2 Å². The summed E-state index contributed by atoms with van der Waals surface area (Å²) in [6, 6.07) is 13.3. The van der Waals surface area contributed by atoms with Gasteiger partial charge < -0.3 is 25.1 Å². The molecule has 2 aromatic carbocycles. The van der Waals surface area contributed by atoms with E-state index in [0.29, 0.717) is 30.5 Å². The first-order valence-corrected chi connectivity index (χ1v) is 10.7. The van der Waals surface area contributed by atoms with Crippen LogP contribution in [0, 0.1) is 0 Å². The second kappa shape index (κ2) is 7.85. The fourth-order valence-corrected chi connectivity index (χ4v) is 4.48. The molecule has 5 aromatic rings. The lowest BCUT2D eigenvalue weighted by Crippen LogP contribution is -2.19. The van der Waals surface area contributed by atoms with Crippen molar-refractivity contribution in [2.24, 2.45) is 0 Å². The summed E-state index contributed by atoms with van der Waals surface area (Å²) in [5.41, 5.74) is 12.0. The number of para-hydroxylation sites is 1. The Morgan fingerprint density at radius 3 is 2.97 bits per heavy atom. The molecule has 0 saturated carbocycles. The van der Waals surface area contributed by atoms with Gasteiger partial charge in [0.15, 0.2) is 5.82 Å². The van der Waals surface area contributed by atoms with Crippen LogP contribution in [0.1, 0.15) is 11.3 Å². The smallest absolute Gasteiger partial charge is 0.246 e. The third-order valence-corrected chi connectivity index (χ3v) is 6.03. The van der Waals surface area contributed by atoms with Crippen molar-refractivity contribution >= 4 is 39.3 Å². The van der Waals surface area contributed by atoms with Crippen LogP contribution in [-0.4, -0.2) is 37.3 Å². The Hall–Kier alpha value is -4.44. The molecule has 0 bridgehead atoms. The number of anilines is 2. The van der Waals surface area contributed by atoms with Gasteiger partial charge in [0, 0.05) is 22.7 Å². The van der Waals surface area contributed by atoms with E-state index in [9.17, 15) is 4.79 Å². The molecule has 0 aliphatic carbocycles. The van der Waals surface area contributed by atoms with Gasteiger partial charge in [-0.1, -0.05) is 18.2 Å². The number of carbonyl (C=O) groups excluding carboxylic acids is 1. The summed E-state index contributed by atoms with van der Waals surface area (Å²) in [6.45, 7) is 1.01. The molecule has 170 valence electrons. The summed E-state index contributed by atoms with van der Waals surface area (Å²) in [5.74, 6) is 0.696. The van der Waals surface area contributed by atoms with Gasteiger partial charge in [-0.25, -0.2) is 9.97 Å². The molecular formula is C24H21N7O3. The molecule has 0 atom stereocenters. The van der Waals surface area contributed by atoms with Gasteiger partial charge in [0.2, 0.25) is 5.91 Å². The first-order valence-electron chi connectivity index (χ1n) is 10.7. The van der Waals surface area contributed by atoms with Gasteiger partial charge in [-0.15, -0.1) is 0 Å². The van der Waals surface area contributed by atoms with Crippen molar-refractivity contribution in [3.63, 3.8) is 0 Å². The average Bonchev–Trinajstić information content (AvgIpc) is 3.55. The van der Waals surface area contributed by atoms with Crippen LogP contribution in [0.5, 0.6) is 5.75 Å². The van der Waals surface area contributed by atoms with Gasteiger partial charge in [-0.2, -0.15) is 5.10 Å². The maximum Gasteiger partial charge on any atom is 0.246 e. The summed E-state index contributed by atoms with van der Waals surface area (Å²) < 4.78 is 14.9. The van der Waals surface area contributed by atoms with Crippen molar-refractivity contribution in [1.29, 1.82) is 0 Å². The first-order chi connectivity index (χ1) is 16.6. The zero-order valence-electron chi connectivity index (χ0n) is 18.4. The van der Waals surface area contributed by atoms with Gasteiger partial charge in [0.25, 0.3) is 0 Å². The van der Waals surface area contributed by atoms with Crippen LogP contribution in [0.25, 0.3) is 27.6 Å². The lowest BCUT2D eigenvalue weighted by atomic mass is 10.2. The number of ether oxygens (including phenoxy) is 2. The molecule has 0 radical (unpaired) electrons. The van der Waals surface area contributed by atoms with Crippen LogP contribution in [0.3, 0.4) is 0 Å². The quantitative estimate of drug-likeness (QED) is 0.418. The minimum Gasteiger partial charge on any atom is -0.494 e. The third-order valence-electron chi connectivity index (χ3n) is 6.03.